The molecule has 7 heavy (non-hydrogen) atoms. The Bertz CT molecular complexity index is 81.8. The quantitative estimate of drug-likeness (QED) is 0.543. The molecule has 0 saturated heterocycles. The Kier molecular flexibility index (Phi) is 1.22. The standard InChI is InChI=1S/C4H6Cl2O/c5-4(6)1-3(4)2-7/h3,7H,1-2H2/t3-/m0/s1. The molecule has 1 rings (SSSR count). The average molecular weight is 141 g/mol. The predicted molar refractivity (Wildman–Crippen MR) is 29.6 cm³/mol. The van der Waals surface area contributed by atoms with Crippen LogP contribution in [0.2, 0.25) is 0 Å². The van der Waals surface area contributed by atoms with Crippen LogP contribution in [0.4, 0.5) is 0 Å². The second-order valence-corrected chi connectivity index (χ2v) is 3.39. The van der Waals surface area contributed by atoms with E-state index in [1.165, 1.54) is 0 Å². The van der Waals surface area contributed by atoms with Gasteiger partial charge in [0.1, 0.15) is 4.33 Å². The Balaban J connectivity index is 2.30. The topological polar surface area (TPSA) is 20.2 Å². The fourth-order valence-electron chi connectivity index (χ4n) is 0.468. The Morgan fingerprint density at radius 3 is 2.14 bits per heavy atom. The van der Waals surface area contributed by atoms with Gasteiger partial charge >= 0.3 is 0 Å². The van der Waals surface area contributed by atoms with Gasteiger partial charge in [-0.2, -0.15) is 0 Å². The van der Waals surface area contributed by atoms with E-state index < -0.39 is 4.33 Å². The van der Waals surface area contributed by atoms with Gasteiger partial charge in [-0.05, 0) is 6.42 Å². The monoisotopic (exact) mass is 140 g/mol. The molecule has 0 unspecified atom stereocenters. The molecule has 0 amide bonds. The van der Waals surface area contributed by atoms with Crippen molar-refractivity contribution in [3.63, 3.8) is 0 Å². The summed E-state index contributed by atoms with van der Waals surface area (Å²) in [6, 6.07) is 0. The van der Waals surface area contributed by atoms with Crippen LogP contribution >= 0.6 is 23.2 Å². The lowest BCUT2D eigenvalue weighted by Gasteiger charge is -1.89. The first-order valence-corrected chi connectivity index (χ1v) is 2.91. The van der Waals surface area contributed by atoms with Crippen LogP contribution in [0.1, 0.15) is 6.42 Å². The number of rotatable bonds is 1. The average Bonchev–Trinajstić information content (AvgIpc) is 2.13. The van der Waals surface area contributed by atoms with Gasteiger partial charge in [0, 0.05) is 12.5 Å². The Hall–Kier alpha value is 0.540. The van der Waals surface area contributed by atoms with Crippen LogP contribution < -0.4 is 0 Å². The van der Waals surface area contributed by atoms with E-state index in [0.717, 1.165) is 6.42 Å². The van der Waals surface area contributed by atoms with Gasteiger partial charge in [0.2, 0.25) is 0 Å². The highest BCUT2D eigenvalue weighted by atomic mass is 35.5. The van der Waals surface area contributed by atoms with Crippen molar-refractivity contribution in [2.75, 3.05) is 6.61 Å². The highest BCUT2D eigenvalue weighted by Gasteiger charge is 2.50. The number of aliphatic hydroxyl groups is 1. The van der Waals surface area contributed by atoms with Crippen molar-refractivity contribution in [1.29, 1.82) is 0 Å². The first-order chi connectivity index (χ1) is 3.17. The van der Waals surface area contributed by atoms with Crippen molar-refractivity contribution in [2.24, 2.45) is 5.92 Å². The lowest BCUT2D eigenvalue weighted by atomic mass is 10.5. The molecule has 0 heterocycles. The molecule has 1 atom stereocenters. The van der Waals surface area contributed by atoms with Gasteiger partial charge < -0.3 is 5.11 Å². The first-order valence-electron chi connectivity index (χ1n) is 2.15. The van der Waals surface area contributed by atoms with E-state index in [2.05, 4.69) is 0 Å². The number of aliphatic hydroxyl groups excluding tert-OH is 1. The predicted octanol–water partition coefficient (Wildman–Crippen LogP) is 1.17. The maximum atomic E-state index is 8.37. The molecule has 1 aliphatic rings. The molecule has 1 fully saturated rings. The summed E-state index contributed by atoms with van der Waals surface area (Å²) < 4.78 is -0.589. The molecule has 1 N–H and O–H groups in total. The third kappa shape index (κ3) is 1.01. The maximum Gasteiger partial charge on any atom is 0.123 e. The lowest BCUT2D eigenvalue weighted by molar-refractivity contribution is 0.275. The number of alkyl halides is 2. The molecule has 0 aliphatic heterocycles. The van der Waals surface area contributed by atoms with E-state index in [1.54, 1.807) is 0 Å². The van der Waals surface area contributed by atoms with Gasteiger partial charge in [0.05, 0.1) is 0 Å². The van der Waals surface area contributed by atoms with E-state index in [1.807, 2.05) is 0 Å². The van der Waals surface area contributed by atoms with E-state index in [4.69, 9.17) is 28.3 Å². The van der Waals surface area contributed by atoms with Crippen molar-refractivity contribution in [1.82, 2.24) is 0 Å². The zero-order chi connectivity index (χ0) is 5.49. The van der Waals surface area contributed by atoms with Gasteiger partial charge in [-0.1, -0.05) is 0 Å². The Morgan fingerprint density at radius 2 is 2.14 bits per heavy atom. The normalized spacial score (nSPS) is 35.6. The zero-order valence-corrected chi connectivity index (χ0v) is 5.21. The maximum absolute atomic E-state index is 8.37. The second-order valence-electron chi connectivity index (χ2n) is 1.84. The molecule has 0 bridgehead atoms. The second kappa shape index (κ2) is 1.51. The molecule has 42 valence electrons. The molecule has 0 radical (unpaired) electrons. The molecule has 0 aromatic carbocycles. The fraction of sp³-hybridized carbons (Fsp3) is 1.00. The van der Waals surface area contributed by atoms with Crippen molar-refractivity contribution in [3.8, 4) is 0 Å². The van der Waals surface area contributed by atoms with E-state index >= 15 is 0 Å². The molecule has 1 aliphatic carbocycles. The zero-order valence-electron chi connectivity index (χ0n) is 3.69. The summed E-state index contributed by atoms with van der Waals surface area (Å²) >= 11 is 11.0. The summed E-state index contributed by atoms with van der Waals surface area (Å²) in [7, 11) is 0. The van der Waals surface area contributed by atoms with Crippen LogP contribution in [0.15, 0.2) is 0 Å². The third-order valence-electron chi connectivity index (χ3n) is 1.18. The van der Waals surface area contributed by atoms with E-state index in [0.29, 0.717) is 0 Å². The summed E-state index contributed by atoms with van der Waals surface area (Å²) in [5.74, 6) is 0.135. The van der Waals surface area contributed by atoms with Crippen molar-refractivity contribution < 1.29 is 5.11 Å². The van der Waals surface area contributed by atoms with Crippen molar-refractivity contribution >= 4 is 23.2 Å². The number of hydrogen-bond donors (Lipinski definition) is 1. The smallest absolute Gasteiger partial charge is 0.123 e. The molecule has 1 nitrogen and oxygen atoms in total. The molecule has 1 saturated carbocycles. The largest absolute Gasteiger partial charge is 0.396 e. The summed E-state index contributed by atoms with van der Waals surface area (Å²) in [6.45, 7) is 0.118. The minimum Gasteiger partial charge on any atom is -0.396 e. The molecule has 0 aromatic rings. The minimum absolute atomic E-state index is 0.118. The molecule has 3 heteroatoms. The van der Waals surface area contributed by atoms with Gasteiger partial charge in [-0.15, -0.1) is 23.2 Å². The lowest BCUT2D eigenvalue weighted by Crippen LogP contribution is -1.93. The van der Waals surface area contributed by atoms with Crippen LogP contribution in [0.5, 0.6) is 0 Å². The minimum atomic E-state index is -0.589. The summed E-state index contributed by atoms with van der Waals surface area (Å²) in [5.41, 5.74) is 0. The Morgan fingerprint density at radius 1 is 1.71 bits per heavy atom. The van der Waals surface area contributed by atoms with Crippen LogP contribution in [0.25, 0.3) is 0 Å². The van der Waals surface area contributed by atoms with Crippen molar-refractivity contribution in [3.05, 3.63) is 0 Å². The van der Waals surface area contributed by atoms with E-state index in [-0.39, 0.29) is 12.5 Å². The van der Waals surface area contributed by atoms with Crippen LogP contribution in [-0.2, 0) is 0 Å². The highest BCUT2D eigenvalue weighted by Crippen LogP contribution is 2.52. The molecular weight excluding hydrogens is 135 g/mol. The van der Waals surface area contributed by atoms with Crippen LogP contribution in [0.3, 0.4) is 0 Å². The highest BCUT2D eigenvalue weighted by molar-refractivity contribution is 6.50. The number of halogens is 2. The Labute approximate surface area is 52.2 Å². The molecular formula is C4H6Cl2O. The fourth-order valence-corrected chi connectivity index (χ4v) is 0.978. The number of hydrogen-bond acceptors (Lipinski definition) is 1. The van der Waals surface area contributed by atoms with E-state index in [9.17, 15) is 0 Å². The summed E-state index contributed by atoms with van der Waals surface area (Å²) in [6.07, 6.45) is 0.743. The van der Waals surface area contributed by atoms with Crippen LogP contribution in [-0.4, -0.2) is 16.0 Å². The van der Waals surface area contributed by atoms with Crippen molar-refractivity contribution in [2.45, 2.75) is 10.8 Å². The summed E-state index contributed by atoms with van der Waals surface area (Å²) in [5, 5.41) is 8.37. The molecule has 0 aromatic heterocycles. The first kappa shape index (κ1) is 5.67. The molecule has 0 spiro atoms. The van der Waals surface area contributed by atoms with Crippen LogP contribution in [0, 0.1) is 5.92 Å². The third-order valence-corrected chi connectivity index (χ3v) is 2.10. The van der Waals surface area contributed by atoms with Gasteiger partial charge in [-0.3, -0.25) is 0 Å². The van der Waals surface area contributed by atoms with Gasteiger partial charge in [0.15, 0.2) is 0 Å². The summed E-state index contributed by atoms with van der Waals surface area (Å²) in [4.78, 5) is 0. The van der Waals surface area contributed by atoms with Gasteiger partial charge in [-0.25, -0.2) is 0 Å². The van der Waals surface area contributed by atoms with Gasteiger partial charge in [0.25, 0.3) is 0 Å². The SMILES string of the molecule is OC[C@@H]1CC1(Cl)Cl.